The number of likely N-dealkylation sites (tertiary alicyclic amines) is 1. The lowest BCUT2D eigenvalue weighted by molar-refractivity contribution is -0.138. The van der Waals surface area contributed by atoms with Gasteiger partial charge in [0.2, 0.25) is 5.91 Å². The van der Waals surface area contributed by atoms with E-state index < -0.39 is 5.60 Å². The molecule has 2 aliphatic rings. The highest BCUT2D eigenvalue weighted by molar-refractivity contribution is 5.83. The summed E-state index contributed by atoms with van der Waals surface area (Å²) in [6.45, 7) is 4.38. The predicted molar refractivity (Wildman–Crippen MR) is 84.9 cm³/mol. The lowest BCUT2D eigenvalue weighted by atomic mass is 9.96. The fourth-order valence-corrected chi connectivity index (χ4v) is 3.69. The molecule has 1 amide bonds. The minimum Gasteiger partial charge on any atom is -0.497 e. The zero-order valence-electron chi connectivity index (χ0n) is 13.6. The maximum absolute atomic E-state index is 12.8. The molecule has 3 rings (SSSR count). The number of methoxy groups -OCH3 is 1. The van der Waals surface area contributed by atoms with E-state index in [4.69, 9.17) is 4.74 Å². The lowest BCUT2D eigenvalue weighted by Gasteiger charge is -2.34. The van der Waals surface area contributed by atoms with Crippen molar-refractivity contribution in [3.63, 3.8) is 0 Å². The molecule has 2 fully saturated rings. The molecule has 3 unspecified atom stereocenters. The first-order chi connectivity index (χ1) is 10.4. The molecule has 1 N–H and O–H groups in total. The summed E-state index contributed by atoms with van der Waals surface area (Å²) >= 11 is 0. The van der Waals surface area contributed by atoms with Crippen molar-refractivity contribution in [3.05, 3.63) is 29.8 Å². The van der Waals surface area contributed by atoms with Crippen LogP contribution in [0.1, 0.15) is 44.6 Å². The molecule has 0 aromatic heterocycles. The van der Waals surface area contributed by atoms with Gasteiger partial charge in [0, 0.05) is 12.5 Å². The quantitative estimate of drug-likeness (QED) is 0.930. The molecule has 1 aromatic rings. The predicted octanol–water partition coefficient (Wildman–Crippen LogP) is 2.56. The number of carbonyl (C=O) groups excluding carboxylic acids is 1. The number of hydrogen-bond acceptors (Lipinski definition) is 3. The van der Waals surface area contributed by atoms with E-state index in [1.807, 2.05) is 23.1 Å². The summed E-state index contributed by atoms with van der Waals surface area (Å²) in [7, 11) is 1.66. The zero-order chi connectivity index (χ0) is 15.9. The van der Waals surface area contributed by atoms with Gasteiger partial charge in [-0.3, -0.25) is 4.79 Å². The number of aliphatic hydroxyl groups is 1. The van der Waals surface area contributed by atoms with Crippen LogP contribution in [0, 0.1) is 5.92 Å². The number of hydrogen-bond donors (Lipinski definition) is 1. The highest BCUT2D eigenvalue weighted by Gasteiger charge is 2.49. The Hall–Kier alpha value is -1.55. The second-order valence-corrected chi connectivity index (χ2v) is 7.07. The Labute approximate surface area is 132 Å². The van der Waals surface area contributed by atoms with E-state index in [-0.39, 0.29) is 17.9 Å². The van der Waals surface area contributed by atoms with Crippen molar-refractivity contribution in [1.29, 1.82) is 0 Å². The van der Waals surface area contributed by atoms with Crippen LogP contribution in [-0.2, 0) is 4.79 Å². The van der Waals surface area contributed by atoms with E-state index in [1.54, 1.807) is 21.0 Å². The van der Waals surface area contributed by atoms with E-state index in [1.165, 1.54) is 5.56 Å². The first-order valence-corrected chi connectivity index (χ1v) is 8.08. The van der Waals surface area contributed by atoms with Crippen molar-refractivity contribution in [2.45, 2.75) is 50.7 Å². The summed E-state index contributed by atoms with van der Waals surface area (Å²) in [5, 5.41) is 10.3. The summed E-state index contributed by atoms with van der Waals surface area (Å²) in [5.74, 6) is 1.41. The SMILES string of the molecule is COc1cccc(C2CC2C(=O)N2CCCC2C(C)(C)O)c1. The number of ether oxygens (including phenoxy) is 1. The van der Waals surface area contributed by atoms with Crippen molar-refractivity contribution in [2.75, 3.05) is 13.7 Å². The molecule has 1 aliphatic heterocycles. The van der Waals surface area contributed by atoms with Gasteiger partial charge in [0.05, 0.1) is 18.8 Å². The van der Waals surface area contributed by atoms with Crippen molar-refractivity contribution in [1.82, 2.24) is 4.90 Å². The second-order valence-electron chi connectivity index (χ2n) is 7.07. The minimum atomic E-state index is -0.827. The van der Waals surface area contributed by atoms with Crippen LogP contribution in [0.2, 0.25) is 0 Å². The maximum atomic E-state index is 12.8. The van der Waals surface area contributed by atoms with Crippen molar-refractivity contribution in [3.8, 4) is 5.75 Å². The molecule has 1 saturated carbocycles. The number of nitrogens with zero attached hydrogens (tertiary/aromatic N) is 1. The van der Waals surface area contributed by atoms with Gasteiger partial charge in [-0.25, -0.2) is 0 Å². The van der Waals surface area contributed by atoms with Crippen molar-refractivity contribution < 1.29 is 14.6 Å². The Morgan fingerprint density at radius 3 is 2.86 bits per heavy atom. The molecule has 1 heterocycles. The van der Waals surface area contributed by atoms with Crippen LogP contribution in [0.3, 0.4) is 0 Å². The molecule has 1 aromatic carbocycles. The molecule has 4 nitrogen and oxygen atoms in total. The van der Waals surface area contributed by atoms with Crippen LogP contribution in [0.5, 0.6) is 5.75 Å². The van der Waals surface area contributed by atoms with Gasteiger partial charge in [-0.2, -0.15) is 0 Å². The third-order valence-corrected chi connectivity index (χ3v) is 4.98. The summed E-state index contributed by atoms with van der Waals surface area (Å²) in [6, 6.07) is 7.94. The minimum absolute atomic E-state index is 0.0495. The van der Waals surface area contributed by atoms with Crippen LogP contribution in [0.15, 0.2) is 24.3 Å². The van der Waals surface area contributed by atoms with Gasteiger partial charge in [-0.15, -0.1) is 0 Å². The van der Waals surface area contributed by atoms with Gasteiger partial charge in [0.15, 0.2) is 0 Å². The molecule has 0 bridgehead atoms. The van der Waals surface area contributed by atoms with Crippen molar-refractivity contribution >= 4 is 5.91 Å². The summed E-state index contributed by atoms with van der Waals surface area (Å²) in [6.07, 6.45) is 2.78. The molecule has 1 aliphatic carbocycles. The third-order valence-electron chi connectivity index (χ3n) is 4.98. The van der Waals surface area contributed by atoms with Gasteiger partial charge >= 0.3 is 0 Å². The average Bonchev–Trinajstić information content (AvgIpc) is 3.12. The summed E-state index contributed by atoms with van der Waals surface area (Å²) < 4.78 is 5.26. The Morgan fingerprint density at radius 1 is 1.41 bits per heavy atom. The zero-order valence-corrected chi connectivity index (χ0v) is 13.6. The number of amides is 1. The molecular weight excluding hydrogens is 278 g/mol. The van der Waals surface area contributed by atoms with E-state index >= 15 is 0 Å². The Bertz CT molecular complexity index is 564. The molecule has 1 saturated heterocycles. The first-order valence-electron chi connectivity index (χ1n) is 8.08. The molecular formula is C18H25NO3. The highest BCUT2D eigenvalue weighted by Crippen LogP contribution is 2.50. The van der Waals surface area contributed by atoms with E-state index in [2.05, 4.69) is 6.07 Å². The molecule has 4 heteroatoms. The third kappa shape index (κ3) is 2.84. The Balaban J connectivity index is 1.70. The number of benzene rings is 1. The number of rotatable bonds is 4. The van der Waals surface area contributed by atoms with E-state index in [9.17, 15) is 9.90 Å². The summed E-state index contributed by atoms with van der Waals surface area (Å²) in [5.41, 5.74) is 0.351. The smallest absolute Gasteiger partial charge is 0.226 e. The van der Waals surface area contributed by atoms with Gasteiger partial charge < -0.3 is 14.7 Å². The van der Waals surface area contributed by atoms with E-state index in [0.717, 1.165) is 31.6 Å². The topological polar surface area (TPSA) is 49.8 Å². The molecule has 0 spiro atoms. The second kappa shape index (κ2) is 5.58. The van der Waals surface area contributed by atoms with Gasteiger partial charge in [-0.05, 0) is 56.7 Å². The molecule has 0 radical (unpaired) electrons. The normalized spacial score (nSPS) is 27.8. The van der Waals surface area contributed by atoms with E-state index in [0.29, 0.717) is 5.92 Å². The van der Waals surface area contributed by atoms with Crippen molar-refractivity contribution in [2.24, 2.45) is 5.92 Å². The average molecular weight is 303 g/mol. The van der Waals surface area contributed by atoms with Crippen LogP contribution in [0.4, 0.5) is 0 Å². The van der Waals surface area contributed by atoms with Crippen LogP contribution < -0.4 is 4.74 Å². The Morgan fingerprint density at radius 2 is 2.18 bits per heavy atom. The van der Waals surface area contributed by atoms with Gasteiger partial charge in [0.25, 0.3) is 0 Å². The van der Waals surface area contributed by atoms with Gasteiger partial charge in [0.1, 0.15) is 5.75 Å². The molecule has 3 atom stereocenters. The van der Waals surface area contributed by atoms with Crippen LogP contribution in [-0.4, -0.2) is 41.2 Å². The molecule has 120 valence electrons. The fraction of sp³-hybridized carbons (Fsp3) is 0.611. The molecule has 22 heavy (non-hydrogen) atoms. The van der Waals surface area contributed by atoms with Crippen LogP contribution >= 0.6 is 0 Å². The monoisotopic (exact) mass is 303 g/mol. The standard InChI is InChI=1S/C18H25NO3/c1-18(2,21)16-8-5-9-19(16)17(20)15-11-14(15)12-6-4-7-13(10-12)22-3/h4,6-7,10,14-16,21H,5,8-9,11H2,1-3H3. The van der Waals surface area contributed by atoms with Crippen LogP contribution in [0.25, 0.3) is 0 Å². The summed E-state index contributed by atoms with van der Waals surface area (Å²) in [4.78, 5) is 14.7. The van der Waals surface area contributed by atoms with Gasteiger partial charge in [-0.1, -0.05) is 12.1 Å². The fourth-order valence-electron chi connectivity index (χ4n) is 3.69. The lowest BCUT2D eigenvalue weighted by Crippen LogP contribution is -2.48. The highest BCUT2D eigenvalue weighted by atomic mass is 16.5. The maximum Gasteiger partial charge on any atom is 0.226 e. The largest absolute Gasteiger partial charge is 0.497 e. The number of carbonyl (C=O) groups is 1. The Kier molecular flexibility index (Phi) is 3.89. The first kappa shape index (κ1) is 15.3.